The standard InChI is InChI=1S/C14H20BrNOS/c1-2-16-9-11-5-6-12(15)8-14(11)18-10-13-4-3-7-17-13/h5-6,8,13,16H,2-4,7,9-10H2,1H3. The van der Waals surface area contributed by atoms with E-state index < -0.39 is 0 Å². The summed E-state index contributed by atoms with van der Waals surface area (Å²) >= 11 is 5.47. The molecule has 1 aromatic rings. The van der Waals surface area contributed by atoms with Gasteiger partial charge >= 0.3 is 0 Å². The monoisotopic (exact) mass is 329 g/mol. The Hall–Kier alpha value is -0.0300. The third kappa shape index (κ3) is 4.26. The van der Waals surface area contributed by atoms with Gasteiger partial charge in [0.05, 0.1) is 6.10 Å². The minimum Gasteiger partial charge on any atom is -0.377 e. The largest absolute Gasteiger partial charge is 0.377 e. The zero-order valence-electron chi connectivity index (χ0n) is 10.7. The number of hydrogen-bond acceptors (Lipinski definition) is 3. The van der Waals surface area contributed by atoms with Crippen molar-refractivity contribution in [1.29, 1.82) is 0 Å². The summed E-state index contributed by atoms with van der Waals surface area (Å²) in [6, 6.07) is 6.53. The van der Waals surface area contributed by atoms with Gasteiger partial charge in [0.2, 0.25) is 0 Å². The summed E-state index contributed by atoms with van der Waals surface area (Å²) in [5.41, 5.74) is 1.38. The fourth-order valence-corrected chi connectivity index (χ4v) is 3.70. The first-order chi connectivity index (χ1) is 8.79. The summed E-state index contributed by atoms with van der Waals surface area (Å²) in [5.74, 6) is 1.07. The van der Waals surface area contributed by atoms with Crippen molar-refractivity contribution >= 4 is 27.7 Å². The van der Waals surface area contributed by atoms with Crippen LogP contribution in [0.25, 0.3) is 0 Å². The predicted molar refractivity (Wildman–Crippen MR) is 81.2 cm³/mol. The smallest absolute Gasteiger partial charge is 0.0669 e. The predicted octanol–water partition coefficient (Wildman–Crippen LogP) is 3.83. The number of hydrogen-bond donors (Lipinski definition) is 1. The van der Waals surface area contributed by atoms with Crippen molar-refractivity contribution in [3.63, 3.8) is 0 Å². The molecular formula is C14H20BrNOS. The Bertz CT molecular complexity index is 380. The Morgan fingerprint density at radius 1 is 1.50 bits per heavy atom. The van der Waals surface area contributed by atoms with Gasteiger partial charge in [-0.05, 0) is 37.1 Å². The van der Waals surface area contributed by atoms with Crippen molar-refractivity contribution in [3.8, 4) is 0 Å². The van der Waals surface area contributed by atoms with E-state index in [1.165, 1.54) is 23.3 Å². The average molecular weight is 330 g/mol. The lowest BCUT2D eigenvalue weighted by molar-refractivity contribution is 0.129. The maximum atomic E-state index is 5.68. The molecule has 1 N–H and O–H groups in total. The van der Waals surface area contributed by atoms with Gasteiger partial charge < -0.3 is 10.1 Å². The number of ether oxygens (including phenoxy) is 1. The zero-order valence-corrected chi connectivity index (χ0v) is 13.1. The average Bonchev–Trinajstić information content (AvgIpc) is 2.88. The molecule has 18 heavy (non-hydrogen) atoms. The molecule has 0 radical (unpaired) electrons. The van der Waals surface area contributed by atoms with E-state index in [0.29, 0.717) is 6.10 Å². The number of benzene rings is 1. The van der Waals surface area contributed by atoms with Crippen molar-refractivity contribution in [2.24, 2.45) is 0 Å². The molecule has 1 saturated heterocycles. The zero-order chi connectivity index (χ0) is 12.8. The first kappa shape index (κ1) is 14.4. The second kappa shape index (κ2) is 7.53. The van der Waals surface area contributed by atoms with Crippen molar-refractivity contribution in [1.82, 2.24) is 5.32 Å². The quantitative estimate of drug-likeness (QED) is 0.801. The van der Waals surface area contributed by atoms with E-state index in [4.69, 9.17) is 4.74 Å². The topological polar surface area (TPSA) is 21.3 Å². The molecule has 1 aromatic carbocycles. The summed E-state index contributed by atoms with van der Waals surface area (Å²) in [7, 11) is 0. The Balaban J connectivity index is 1.97. The number of halogens is 1. The molecular weight excluding hydrogens is 310 g/mol. The maximum absolute atomic E-state index is 5.68. The highest BCUT2D eigenvalue weighted by atomic mass is 79.9. The van der Waals surface area contributed by atoms with Gasteiger partial charge in [0.15, 0.2) is 0 Å². The maximum Gasteiger partial charge on any atom is 0.0669 e. The molecule has 4 heteroatoms. The van der Waals surface area contributed by atoms with Gasteiger partial charge in [-0.3, -0.25) is 0 Å². The molecule has 1 atom stereocenters. The Morgan fingerprint density at radius 3 is 3.11 bits per heavy atom. The molecule has 2 nitrogen and oxygen atoms in total. The molecule has 0 amide bonds. The van der Waals surface area contributed by atoms with Gasteiger partial charge in [0, 0.05) is 28.3 Å². The molecule has 100 valence electrons. The summed E-state index contributed by atoms with van der Waals surface area (Å²) in [6.07, 6.45) is 2.87. The highest BCUT2D eigenvalue weighted by Gasteiger charge is 2.16. The van der Waals surface area contributed by atoms with Gasteiger partial charge in [-0.2, -0.15) is 0 Å². The first-order valence-corrected chi connectivity index (χ1v) is 8.31. The Morgan fingerprint density at radius 2 is 2.39 bits per heavy atom. The molecule has 1 aliphatic rings. The lowest BCUT2D eigenvalue weighted by Crippen LogP contribution is -2.13. The highest BCUT2D eigenvalue weighted by Crippen LogP contribution is 2.29. The summed E-state index contributed by atoms with van der Waals surface area (Å²) in [6.45, 7) is 5.02. The molecule has 0 spiro atoms. The van der Waals surface area contributed by atoms with Crippen LogP contribution in [-0.2, 0) is 11.3 Å². The van der Waals surface area contributed by atoms with Gasteiger partial charge in [0.1, 0.15) is 0 Å². The van der Waals surface area contributed by atoms with Gasteiger partial charge in [0.25, 0.3) is 0 Å². The number of thioether (sulfide) groups is 1. The van der Waals surface area contributed by atoms with E-state index in [2.05, 4.69) is 46.4 Å². The minimum absolute atomic E-state index is 0.445. The fourth-order valence-electron chi connectivity index (χ4n) is 2.03. The van der Waals surface area contributed by atoms with E-state index in [-0.39, 0.29) is 0 Å². The van der Waals surface area contributed by atoms with Crippen molar-refractivity contribution in [2.45, 2.75) is 37.3 Å². The molecule has 0 aliphatic carbocycles. The fraction of sp³-hybridized carbons (Fsp3) is 0.571. The van der Waals surface area contributed by atoms with E-state index in [1.807, 2.05) is 11.8 Å². The van der Waals surface area contributed by atoms with Crippen molar-refractivity contribution < 1.29 is 4.74 Å². The van der Waals surface area contributed by atoms with Crippen LogP contribution in [0.15, 0.2) is 27.6 Å². The molecule has 1 heterocycles. The van der Waals surface area contributed by atoms with Crippen molar-refractivity contribution in [2.75, 3.05) is 18.9 Å². The van der Waals surface area contributed by atoms with E-state index in [9.17, 15) is 0 Å². The SMILES string of the molecule is CCNCc1ccc(Br)cc1SCC1CCCO1. The van der Waals surface area contributed by atoms with Crippen LogP contribution < -0.4 is 5.32 Å². The summed E-state index contributed by atoms with van der Waals surface area (Å²) in [4.78, 5) is 1.36. The normalized spacial score (nSPS) is 19.3. The lowest BCUT2D eigenvalue weighted by Gasteiger charge is -2.13. The van der Waals surface area contributed by atoms with Crippen LogP contribution in [0.4, 0.5) is 0 Å². The minimum atomic E-state index is 0.445. The molecule has 0 bridgehead atoms. The highest BCUT2D eigenvalue weighted by molar-refractivity contribution is 9.10. The Labute approximate surface area is 122 Å². The third-order valence-electron chi connectivity index (χ3n) is 3.04. The van der Waals surface area contributed by atoms with E-state index >= 15 is 0 Å². The molecule has 1 unspecified atom stereocenters. The first-order valence-electron chi connectivity index (χ1n) is 6.53. The van der Waals surface area contributed by atoms with Crippen LogP contribution in [0.3, 0.4) is 0 Å². The van der Waals surface area contributed by atoms with Gasteiger partial charge in [-0.15, -0.1) is 11.8 Å². The lowest BCUT2D eigenvalue weighted by atomic mass is 10.2. The summed E-state index contributed by atoms with van der Waals surface area (Å²) < 4.78 is 6.83. The molecule has 1 aliphatic heterocycles. The van der Waals surface area contributed by atoms with Crippen LogP contribution in [0.2, 0.25) is 0 Å². The van der Waals surface area contributed by atoms with Crippen LogP contribution in [-0.4, -0.2) is 25.0 Å². The van der Waals surface area contributed by atoms with Crippen LogP contribution in [0.5, 0.6) is 0 Å². The second-order valence-electron chi connectivity index (χ2n) is 4.48. The van der Waals surface area contributed by atoms with Crippen LogP contribution >= 0.6 is 27.7 Å². The van der Waals surface area contributed by atoms with Gasteiger partial charge in [-0.1, -0.05) is 28.9 Å². The van der Waals surface area contributed by atoms with E-state index in [1.54, 1.807) is 0 Å². The number of rotatable bonds is 6. The molecule has 0 saturated carbocycles. The van der Waals surface area contributed by atoms with Crippen LogP contribution in [0.1, 0.15) is 25.3 Å². The van der Waals surface area contributed by atoms with Gasteiger partial charge in [-0.25, -0.2) is 0 Å². The van der Waals surface area contributed by atoms with Crippen LogP contribution in [0, 0.1) is 0 Å². The molecule has 2 rings (SSSR count). The molecule has 0 aromatic heterocycles. The van der Waals surface area contributed by atoms with E-state index in [0.717, 1.165) is 29.9 Å². The third-order valence-corrected chi connectivity index (χ3v) is 4.77. The summed E-state index contributed by atoms with van der Waals surface area (Å²) in [5, 5.41) is 3.39. The Kier molecular flexibility index (Phi) is 6.02. The number of nitrogens with one attached hydrogen (secondary N) is 1. The van der Waals surface area contributed by atoms with Crippen molar-refractivity contribution in [3.05, 3.63) is 28.2 Å². The molecule has 1 fully saturated rings. The second-order valence-corrected chi connectivity index (χ2v) is 6.46.